The first kappa shape index (κ1) is 19.9. The molecule has 0 N–H and O–H groups in total. The Morgan fingerprint density at radius 2 is 1.90 bits per heavy atom. The van der Waals surface area contributed by atoms with Gasteiger partial charge in [-0.15, -0.1) is 0 Å². The Morgan fingerprint density at radius 3 is 2.67 bits per heavy atom. The number of aromatic nitrogens is 4. The average molecular weight is 402 g/mol. The zero-order valence-electron chi connectivity index (χ0n) is 17.8. The molecule has 2 heterocycles. The predicted molar refractivity (Wildman–Crippen MR) is 117 cm³/mol. The van der Waals surface area contributed by atoms with Gasteiger partial charge in [0.1, 0.15) is 6.61 Å². The minimum atomic E-state index is -0.266. The van der Waals surface area contributed by atoms with Gasteiger partial charge in [-0.3, -0.25) is 14.2 Å². The molecule has 0 bridgehead atoms. The summed E-state index contributed by atoms with van der Waals surface area (Å²) < 4.78 is 9.18. The van der Waals surface area contributed by atoms with Crippen LogP contribution in [0, 0.1) is 13.8 Å². The Hall–Kier alpha value is -3.41. The zero-order valence-corrected chi connectivity index (χ0v) is 17.8. The van der Waals surface area contributed by atoms with E-state index in [4.69, 9.17) is 9.84 Å². The number of rotatable bonds is 6. The monoisotopic (exact) mass is 402 g/mol. The lowest BCUT2D eigenvalue weighted by Crippen LogP contribution is -2.12. The zero-order chi connectivity index (χ0) is 21.3. The molecule has 0 aliphatic heterocycles. The van der Waals surface area contributed by atoms with Crippen molar-refractivity contribution in [3.63, 3.8) is 0 Å². The van der Waals surface area contributed by atoms with Gasteiger partial charge in [0.05, 0.1) is 23.3 Å². The number of carbonyl (C=O) groups is 1. The maximum atomic E-state index is 12.5. The number of benzene rings is 2. The topological polar surface area (TPSA) is 61.9 Å². The molecule has 0 unspecified atom stereocenters. The molecule has 0 radical (unpaired) electrons. The van der Waals surface area contributed by atoms with Gasteiger partial charge in [0.2, 0.25) is 0 Å². The van der Waals surface area contributed by atoms with E-state index in [0.717, 1.165) is 33.4 Å². The number of nitrogens with zero attached hydrogens (tertiary/aromatic N) is 4. The number of aryl methyl sites for hydroxylation is 4. The summed E-state index contributed by atoms with van der Waals surface area (Å²) in [6.07, 6.45) is 2.15. The van der Waals surface area contributed by atoms with Gasteiger partial charge in [-0.2, -0.15) is 10.2 Å². The number of esters is 1. The Bertz CT molecular complexity index is 1220. The molecule has 6 heteroatoms. The number of hydrogen-bond donors (Lipinski definition) is 0. The minimum Gasteiger partial charge on any atom is -0.461 e. The lowest BCUT2D eigenvalue weighted by molar-refractivity contribution is -0.144. The molecule has 4 aromatic rings. The van der Waals surface area contributed by atoms with Crippen LogP contribution in [-0.4, -0.2) is 25.5 Å². The molecule has 2 aromatic carbocycles. The van der Waals surface area contributed by atoms with Gasteiger partial charge < -0.3 is 4.74 Å². The van der Waals surface area contributed by atoms with Crippen LogP contribution in [0.2, 0.25) is 0 Å². The summed E-state index contributed by atoms with van der Waals surface area (Å²) in [5, 5.41) is 10.2. The molecule has 4 rings (SSSR count). The van der Waals surface area contributed by atoms with E-state index >= 15 is 0 Å². The third kappa shape index (κ3) is 4.13. The highest BCUT2D eigenvalue weighted by molar-refractivity contribution is 5.79. The molecule has 2 aromatic heterocycles. The van der Waals surface area contributed by atoms with Crippen LogP contribution in [0.4, 0.5) is 0 Å². The van der Waals surface area contributed by atoms with Crippen molar-refractivity contribution in [1.82, 2.24) is 19.6 Å². The van der Waals surface area contributed by atoms with E-state index in [-0.39, 0.29) is 19.0 Å². The molecule has 0 saturated carbocycles. The summed E-state index contributed by atoms with van der Waals surface area (Å²) in [5.41, 5.74) is 7.05. The van der Waals surface area contributed by atoms with E-state index in [1.165, 1.54) is 11.1 Å². The first-order chi connectivity index (χ1) is 14.4. The van der Waals surface area contributed by atoms with Crippen LogP contribution in [0.1, 0.15) is 29.3 Å². The van der Waals surface area contributed by atoms with E-state index < -0.39 is 0 Å². The highest BCUT2D eigenvalue weighted by Gasteiger charge is 2.15. The molecule has 0 aliphatic rings. The molecule has 0 spiro atoms. The van der Waals surface area contributed by atoms with Gasteiger partial charge in [-0.1, -0.05) is 35.9 Å². The van der Waals surface area contributed by atoms with Gasteiger partial charge in [0, 0.05) is 30.7 Å². The molecular weight excluding hydrogens is 376 g/mol. The van der Waals surface area contributed by atoms with Gasteiger partial charge in [-0.05, 0) is 44.0 Å². The molecule has 0 atom stereocenters. The first-order valence-corrected chi connectivity index (χ1v) is 10.1. The summed E-state index contributed by atoms with van der Waals surface area (Å²) in [4.78, 5) is 12.5. The SMILES string of the molecule is CCn1nc(-c2ccc(C)cc2C)cc1CC(=O)OCc1ccc2cn(C)nc2c1. The highest BCUT2D eigenvalue weighted by atomic mass is 16.5. The number of hydrogen-bond acceptors (Lipinski definition) is 4. The van der Waals surface area contributed by atoms with Crippen molar-refractivity contribution in [3.05, 3.63) is 71.0 Å². The summed E-state index contributed by atoms with van der Waals surface area (Å²) in [6.45, 7) is 7.11. The van der Waals surface area contributed by atoms with Crippen LogP contribution in [0.25, 0.3) is 22.2 Å². The standard InChI is InChI=1S/C24H26N4O2/c1-5-28-20(12-23(26-28)21-9-6-16(2)10-17(21)3)13-24(29)30-15-18-7-8-19-14-27(4)25-22(19)11-18/h6-12,14H,5,13,15H2,1-4H3. The van der Waals surface area contributed by atoms with Crippen LogP contribution in [-0.2, 0) is 36.2 Å². The maximum Gasteiger partial charge on any atom is 0.312 e. The third-order valence-electron chi connectivity index (χ3n) is 5.23. The smallest absolute Gasteiger partial charge is 0.312 e. The second-order valence-corrected chi connectivity index (χ2v) is 7.69. The molecule has 30 heavy (non-hydrogen) atoms. The number of fused-ring (bicyclic) bond motifs is 1. The van der Waals surface area contributed by atoms with Crippen LogP contribution < -0.4 is 0 Å². The van der Waals surface area contributed by atoms with Crippen molar-refractivity contribution in [2.45, 2.75) is 40.3 Å². The van der Waals surface area contributed by atoms with Crippen molar-refractivity contribution >= 4 is 16.9 Å². The fourth-order valence-corrected chi connectivity index (χ4v) is 3.74. The Labute approximate surface area is 176 Å². The second-order valence-electron chi connectivity index (χ2n) is 7.69. The average Bonchev–Trinajstić information content (AvgIpc) is 3.27. The van der Waals surface area contributed by atoms with Gasteiger partial charge in [0.15, 0.2) is 0 Å². The lowest BCUT2D eigenvalue weighted by Gasteiger charge is -2.06. The minimum absolute atomic E-state index is 0.192. The summed E-state index contributed by atoms with van der Waals surface area (Å²) in [5.74, 6) is -0.266. The Morgan fingerprint density at radius 1 is 1.07 bits per heavy atom. The number of ether oxygens (including phenoxy) is 1. The van der Waals surface area contributed by atoms with Crippen molar-refractivity contribution in [3.8, 4) is 11.3 Å². The van der Waals surface area contributed by atoms with Gasteiger partial charge in [-0.25, -0.2) is 0 Å². The second kappa shape index (κ2) is 8.14. The Balaban J connectivity index is 1.46. The highest BCUT2D eigenvalue weighted by Crippen LogP contribution is 2.24. The van der Waals surface area contributed by atoms with Gasteiger partial charge in [0.25, 0.3) is 0 Å². The third-order valence-corrected chi connectivity index (χ3v) is 5.23. The van der Waals surface area contributed by atoms with Crippen molar-refractivity contribution in [2.75, 3.05) is 0 Å². The van der Waals surface area contributed by atoms with Crippen molar-refractivity contribution in [1.29, 1.82) is 0 Å². The van der Waals surface area contributed by atoms with Crippen LogP contribution in [0.3, 0.4) is 0 Å². The normalized spacial score (nSPS) is 11.2. The van der Waals surface area contributed by atoms with E-state index in [1.807, 2.05) is 49.1 Å². The summed E-state index contributed by atoms with van der Waals surface area (Å²) >= 11 is 0. The molecule has 0 amide bonds. The molecule has 0 aliphatic carbocycles. The van der Waals surface area contributed by atoms with Crippen molar-refractivity contribution in [2.24, 2.45) is 7.05 Å². The first-order valence-electron chi connectivity index (χ1n) is 10.1. The quantitative estimate of drug-likeness (QED) is 0.450. The van der Waals surface area contributed by atoms with E-state index in [9.17, 15) is 4.79 Å². The number of carbonyl (C=O) groups excluding carboxylic acids is 1. The van der Waals surface area contributed by atoms with Crippen molar-refractivity contribution < 1.29 is 9.53 Å². The van der Waals surface area contributed by atoms with Crippen LogP contribution >= 0.6 is 0 Å². The molecule has 154 valence electrons. The van der Waals surface area contributed by atoms with E-state index in [2.05, 4.69) is 37.1 Å². The fraction of sp³-hybridized carbons (Fsp3) is 0.292. The largest absolute Gasteiger partial charge is 0.461 e. The fourth-order valence-electron chi connectivity index (χ4n) is 3.74. The lowest BCUT2D eigenvalue weighted by atomic mass is 10.0. The van der Waals surface area contributed by atoms with Crippen LogP contribution in [0.5, 0.6) is 0 Å². The molecular formula is C24H26N4O2. The maximum absolute atomic E-state index is 12.5. The molecule has 6 nitrogen and oxygen atoms in total. The van der Waals surface area contributed by atoms with Crippen LogP contribution in [0.15, 0.2) is 48.7 Å². The van der Waals surface area contributed by atoms with Gasteiger partial charge >= 0.3 is 5.97 Å². The molecule has 0 fully saturated rings. The van der Waals surface area contributed by atoms with E-state index in [1.54, 1.807) is 4.68 Å². The summed E-state index contributed by atoms with van der Waals surface area (Å²) in [7, 11) is 1.89. The summed E-state index contributed by atoms with van der Waals surface area (Å²) in [6, 6.07) is 14.2. The van der Waals surface area contributed by atoms with E-state index in [0.29, 0.717) is 6.54 Å². The Kier molecular flexibility index (Phi) is 5.40. The molecule has 0 saturated heterocycles. The predicted octanol–water partition coefficient (Wildman–Crippen LogP) is 4.36.